The third-order valence-corrected chi connectivity index (χ3v) is 6.46. The molecule has 0 aromatic heterocycles. The van der Waals surface area contributed by atoms with E-state index in [0.717, 1.165) is 99.3 Å². The van der Waals surface area contributed by atoms with Crippen molar-refractivity contribution in [2.45, 2.75) is 77.0 Å². The van der Waals surface area contributed by atoms with Crippen LogP contribution in [-0.2, 0) is 19.2 Å². The summed E-state index contributed by atoms with van der Waals surface area (Å²) in [5, 5.41) is 0. The molecule has 0 fully saturated rings. The average Bonchev–Trinajstić information content (AvgIpc) is 3.11. The van der Waals surface area contributed by atoms with Gasteiger partial charge in [0.1, 0.15) is 0 Å². The summed E-state index contributed by atoms with van der Waals surface area (Å²) >= 11 is 0. The molecule has 0 bridgehead atoms. The predicted molar refractivity (Wildman–Crippen MR) is 103 cm³/mol. The summed E-state index contributed by atoms with van der Waals surface area (Å²) in [6, 6.07) is 0. The SMILES string of the molecule is O=C1C2=C(CCCC2)C(=O)N1CCCCCCN1C(=O)C2=C(CCCC2)C1=O. The molecule has 0 atom stereocenters. The molecule has 28 heavy (non-hydrogen) atoms. The summed E-state index contributed by atoms with van der Waals surface area (Å²) in [4.78, 5) is 52.4. The Morgan fingerprint density at radius 1 is 0.464 bits per heavy atom. The van der Waals surface area contributed by atoms with Gasteiger partial charge in [-0.2, -0.15) is 0 Å². The summed E-state index contributed by atoms with van der Waals surface area (Å²) in [6.07, 6.45) is 10.3. The Morgan fingerprint density at radius 3 is 1.04 bits per heavy atom. The van der Waals surface area contributed by atoms with E-state index in [9.17, 15) is 19.2 Å². The van der Waals surface area contributed by atoms with E-state index in [1.165, 1.54) is 9.80 Å². The van der Waals surface area contributed by atoms with Crippen molar-refractivity contribution in [2.75, 3.05) is 13.1 Å². The van der Waals surface area contributed by atoms with Gasteiger partial charge in [-0.3, -0.25) is 29.0 Å². The van der Waals surface area contributed by atoms with Crippen molar-refractivity contribution >= 4 is 23.6 Å². The quantitative estimate of drug-likeness (QED) is 0.499. The monoisotopic (exact) mass is 384 g/mol. The van der Waals surface area contributed by atoms with Crippen molar-refractivity contribution in [2.24, 2.45) is 0 Å². The Balaban J connectivity index is 1.18. The zero-order chi connectivity index (χ0) is 19.7. The minimum absolute atomic E-state index is 0.0791. The summed E-state index contributed by atoms with van der Waals surface area (Å²) in [5.74, 6) is -0.316. The van der Waals surface area contributed by atoms with Crippen LogP contribution in [0.4, 0.5) is 0 Å². The smallest absolute Gasteiger partial charge is 0.257 e. The van der Waals surface area contributed by atoms with Crippen LogP contribution in [0.25, 0.3) is 0 Å². The van der Waals surface area contributed by atoms with Crippen LogP contribution in [0.1, 0.15) is 77.0 Å². The van der Waals surface area contributed by atoms with Crippen molar-refractivity contribution in [3.63, 3.8) is 0 Å². The van der Waals surface area contributed by atoms with Gasteiger partial charge in [-0.1, -0.05) is 12.8 Å². The molecule has 150 valence electrons. The van der Waals surface area contributed by atoms with Gasteiger partial charge in [0, 0.05) is 35.4 Å². The first kappa shape index (κ1) is 19.1. The lowest BCUT2D eigenvalue weighted by Crippen LogP contribution is -2.33. The molecule has 0 aromatic rings. The highest BCUT2D eigenvalue weighted by Gasteiger charge is 2.39. The van der Waals surface area contributed by atoms with Crippen LogP contribution in [0.2, 0.25) is 0 Å². The maximum Gasteiger partial charge on any atom is 0.257 e. The number of amides is 4. The molecule has 4 aliphatic rings. The van der Waals surface area contributed by atoms with Gasteiger partial charge in [0.2, 0.25) is 0 Å². The fourth-order valence-corrected chi connectivity index (χ4v) is 4.89. The minimum Gasteiger partial charge on any atom is -0.275 e. The molecule has 2 heterocycles. The standard InChI is InChI=1S/C22H28N2O4/c25-19-15-9-3-4-10-16(15)20(26)23(19)13-7-1-2-8-14-24-21(27)17-11-5-6-12-18(17)22(24)28/h1-14H2. The normalized spacial score (nSPS) is 22.6. The van der Waals surface area contributed by atoms with Crippen molar-refractivity contribution in [1.29, 1.82) is 0 Å². The van der Waals surface area contributed by atoms with Crippen LogP contribution >= 0.6 is 0 Å². The van der Waals surface area contributed by atoms with Crippen molar-refractivity contribution < 1.29 is 19.2 Å². The first-order valence-corrected chi connectivity index (χ1v) is 10.8. The summed E-state index contributed by atoms with van der Waals surface area (Å²) < 4.78 is 0. The number of hydrogen-bond donors (Lipinski definition) is 0. The second-order valence-corrected chi connectivity index (χ2v) is 8.27. The van der Waals surface area contributed by atoms with Gasteiger partial charge < -0.3 is 0 Å². The summed E-state index contributed by atoms with van der Waals surface area (Å²) in [6.45, 7) is 0.949. The Hall–Kier alpha value is -2.24. The van der Waals surface area contributed by atoms with Crippen molar-refractivity contribution in [3.05, 3.63) is 22.3 Å². The number of carbonyl (C=O) groups is 4. The molecule has 6 heteroatoms. The van der Waals surface area contributed by atoms with Crippen LogP contribution in [0.5, 0.6) is 0 Å². The van der Waals surface area contributed by atoms with E-state index >= 15 is 0 Å². The molecule has 0 aromatic carbocycles. The maximum absolute atomic E-state index is 12.4. The van der Waals surface area contributed by atoms with E-state index < -0.39 is 0 Å². The van der Waals surface area contributed by atoms with Crippen LogP contribution in [0, 0.1) is 0 Å². The van der Waals surface area contributed by atoms with E-state index in [4.69, 9.17) is 0 Å². The molecule has 0 radical (unpaired) electrons. The maximum atomic E-state index is 12.4. The van der Waals surface area contributed by atoms with Crippen molar-refractivity contribution in [1.82, 2.24) is 9.80 Å². The molecule has 4 rings (SSSR count). The van der Waals surface area contributed by atoms with Gasteiger partial charge in [0.05, 0.1) is 0 Å². The number of carbonyl (C=O) groups excluding carboxylic acids is 4. The molecule has 0 N–H and O–H groups in total. The molecular weight excluding hydrogens is 356 g/mol. The number of hydrogen-bond acceptors (Lipinski definition) is 4. The predicted octanol–water partition coefficient (Wildman–Crippen LogP) is 3.03. The Morgan fingerprint density at radius 2 is 0.750 bits per heavy atom. The topological polar surface area (TPSA) is 74.8 Å². The fourth-order valence-electron chi connectivity index (χ4n) is 4.89. The zero-order valence-electron chi connectivity index (χ0n) is 16.4. The van der Waals surface area contributed by atoms with E-state index in [1.54, 1.807) is 0 Å². The van der Waals surface area contributed by atoms with Crippen molar-refractivity contribution in [3.8, 4) is 0 Å². The highest BCUT2D eigenvalue weighted by molar-refractivity contribution is 6.20. The number of unbranched alkanes of at least 4 members (excludes halogenated alkanes) is 3. The lowest BCUT2D eigenvalue weighted by atomic mass is 9.93. The molecule has 2 aliphatic carbocycles. The van der Waals surface area contributed by atoms with E-state index in [-0.39, 0.29) is 23.6 Å². The molecule has 0 spiro atoms. The molecule has 2 aliphatic heterocycles. The zero-order valence-corrected chi connectivity index (χ0v) is 16.4. The number of rotatable bonds is 7. The average molecular weight is 384 g/mol. The Kier molecular flexibility index (Phi) is 5.47. The number of nitrogens with zero attached hydrogens (tertiary/aromatic N) is 2. The van der Waals surface area contributed by atoms with Crippen LogP contribution in [0.15, 0.2) is 22.3 Å². The third kappa shape index (κ3) is 3.33. The fraction of sp³-hybridized carbons (Fsp3) is 0.636. The first-order valence-electron chi connectivity index (χ1n) is 10.8. The lowest BCUT2D eigenvalue weighted by molar-refractivity contribution is -0.139. The minimum atomic E-state index is -0.0791. The molecular formula is C22H28N2O4. The van der Waals surface area contributed by atoms with E-state index in [0.29, 0.717) is 13.1 Å². The molecule has 6 nitrogen and oxygen atoms in total. The van der Waals surface area contributed by atoms with Gasteiger partial charge in [-0.15, -0.1) is 0 Å². The second kappa shape index (κ2) is 8.02. The van der Waals surface area contributed by atoms with Gasteiger partial charge in [-0.25, -0.2) is 0 Å². The molecule has 0 saturated carbocycles. The van der Waals surface area contributed by atoms with Gasteiger partial charge in [-0.05, 0) is 64.2 Å². The van der Waals surface area contributed by atoms with Crippen LogP contribution in [0.3, 0.4) is 0 Å². The number of imide groups is 2. The summed E-state index contributed by atoms with van der Waals surface area (Å²) in [5.41, 5.74) is 3.00. The summed E-state index contributed by atoms with van der Waals surface area (Å²) in [7, 11) is 0. The molecule has 0 unspecified atom stereocenters. The Labute approximate surface area is 165 Å². The first-order chi connectivity index (χ1) is 13.6. The highest BCUT2D eigenvalue weighted by atomic mass is 16.2. The molecule has 4 amide bonds. The van der Waals surface area contributed by atoms with E-state index in [2.05, 4.69) is 0 Å². The van der Waals surface area contributed by atoms with E-state index in [1.807, 2.05) is 0 Å². The van der Waals surface area contributed by atoms with Gasteiger partial charge in [0.15, 0.2) is 0 Å². The van der Waals surface area contributed by atoms with Crippen LogP contribution < -0.4 is 0 Å². The lowest BCUT2D eigenvalue weighted by Gasteiger charge is -2.16. The van der Waals surface area contributed by atoms with Gasteiger partial charge >= 0.3 is 0 Å². The van der Waals surface area contributed by atoms with Crippen LogP contribution in [-0.4, -0.2) is 46.5 Å². The molecule has 0 saturated heterocycles. The third-order valence-electron chi connectivity index (χ3n) is 6.46. The van der Waals surface area contributed by atoms with Gasteiger partial charge in [0.25, 0.3) is 23.6 Å². The largest absolute Gasteiger partial charge is 0.275 e. The Bertz CT molecular complexity index is 670. The highest BCUT2D eigenvalue weighted by Crippen LogP contribution is 2.34. The second-order valence-electron chi connectivity index (χ2n) is 8.27.